The Morgan fingerprint density at radius 1 is 1.16 bits per heavy atom. The first kappa shape index (κ1) is 16.3. The zero-order valence-electron chi connectivity index (χ0n) is 13.8. The van der Waals surface area contributed by atoms with E-state index in [2.05, 4.69) is 26.4 Å². The standard InChI is InChI=1S/C20H19BrN2O2/c21-15-9-10-17-16(12-15)20(19(24)22-17)11-5-4-8-18(20)23-25-13-14-6-2-1-3-7-14/h1-3,6-7,9-10,12H,4-5,8,11,13H2,(H,22,24). The molecule has 1 fully saturated rings. The molecule has 25 heavy (non-hydrogen) atoms. The van der Waals surface area contributed by atoms with Crippen LogP contribution in [0.4, 0.5) is 5.69 Å². The van der Waals surface area contributed by atoms with E-state index in [4.69, 9.17) is 4.84 Å². The number of halogens is 1. The van der Waals surface area contributed by atoms with Crippen molar-refractivity contribution in [2.24, 2.45) is 5.16 Å². The number of nitrogens with one attached hydrogen (secondary N) is 1. The number of amides is 1. The lowest BCUT2D eigenvalue weighted by molar-refractivity contribution is -0.119. The van der Waals surface area contributed by atoms with Crippen molar-refractivity contribution in [3.8, 4) is 0 Å². The maximum absolute atomic E-state index is 12.9. The Bertz CT molecular complexity index is 835. The van der Waals surface area contributed by atoms with Crippen LogP contribution in [0.25, 0.3) is 0 Å². The summed E-state index contributed by atoms with van der Waals surface area (Å²) in [4.78, 5) is 18.5. The maximum atomic E-state index is 12.9. The first-order valence-electron chi connectivity index (χ1n) is 8.55. The van der Waals surface area contributed by atoms with E-state index in [1.807, 2.05) is 48.5 Å². The van der Waals surface area contributed by atoms with Crippen LogP contribution >= 0.6 is 15.9 Å². The molecule has 1 spiro atoms. The Morgan fingerprint density at radius 3 is 2.84 bits per heavy atom. The molecular weight excluding hydrogens is 380 g/mol. The van der Waals surface area contributed by atoms with Gasteiger partial charge in [-0.15, -0.1) is 0 Å². The maximum Gasteiger partial charge on any atom is 0.240 e. The molecule has 0 aromatic heterocycles. The molecule has 4 nitrogen and oxygen atoms in total. The van der Waals surface area contributed by atoms with Gasteiger partial charge in [-0.05, 0) is 48.6 Å². The second kappa shape index (κ2) is 6.64. The van der Waals surface area contributed by atoms with E-state index in [-0.39, 0.29) is 5.91 Å². The molecule has 0 bridgehead atoms. The molecule has 1 unspecified atom stereocenters. The summed E-state index contributed by atoms with van der Waals surface area (Å²) in [5.74, 6) is 0.0161. The van der Waals surface area contributed by atoms with Crippen molar-refractivity contribution in [2.75, 3.05) is 5.32 Å². The summed E-state index contributed by atoms with van der Waals surface area (Å²) in [7, 11) is 0. The van der Waals surface area contributed by atoms with Crippen molar-refractivity contribution >= 4 is 33.2 Å². The number of carbonyl (C=O) groups excluding carboxylic acids is 1. The van der Waals surface area contributed by atoms with Gasteiger partial charge in [-0.2, -0.15) is 0 Å². The van der Waals surface area contributed by atoms with Gasteiger partial charge < -0.3 is 10.2 Å². The number of hydrogen-bond donors (Lipinski definition) is 1. The van der Waals surface area contributed by atoms with Crippen LogP contribution in [0, 0.1) is 0 Å². The second-order valence-corrected chi connectivity index (χ2v) is 7.47. The van der Waals surface area contributed by atoms with Gasteiger partial charge in [-0.3, -0.25) is 4.79 Å². The molecule has 2 aromatic carbocycles. The largest absolute Gasteiger partial charge is 0.391 e. The van der Waals surface area contributed by atoms with Crippen molar-refractivity contribution < 1.29 is 9.63 Å². The predicted octanol–water partition coefficient (Wildman–Crippen LogP) is 4.79. The van der Waals surface area contributed by atoms with Gasteiger partial charge in [0.05, 0.1) is 5.71 Å². The summed E-state index contributed by atoms with van der Waals surface area (Å²) in [5.41, 5.74) is 3.10. The lowest BCUT2D eigenvalue weighted by Gasteiger charge is -2.32. The molecule has 4 rings (SSSR count). The van der Waals surface area contributed by atoms with Crippen molar-refractivity contribution in [1.82, 2.24) is 0 Å². The Labute approximate surface area is 155 Å². The molecular formula is C20H19BrN2O2. The van der Waals surface area contributed by atoms with Crippen molar-refractivity contribution in [1.29, 1.82) is 0 Å². The number of hydrogen-bond acceptors (Lipinski definition) is 3. The fourth-order valence-corrected chi connectivity index (χ4v) is 4.15. The number of nitrogens with zero attached hydrogens (tertiary/aromatic N) is 1. The number of rotatable bonds is 3. The summed E-state index contributed by atoms with van der Waals surface area (Å²) in [6.07, 6.45) is 3.60. The highest BCUT2D eigenvalue weighted by Gasteiger charge is 2.52. The molecule has 0 saturated heterocycles. The monoisotopic (exact) mass is 398 g/mol. The van der Waals surface area contributed by atoms with E-state index in [9.17, 15) is 4.79 Å². The van der Waals surface area contributed by atoms with Gasteiger partial charge in [0.15, 0.2) is 0 Å². The summed E-state index contributed by atoms with van der Waals surface area (Å²) < 4.78 is 0.970. The lowest BCUT2D eigenvalue weighted by atomic mass is 9.69. The van der Waals surface area contributed by atoms with Gasteiger partial charge in [0.2, 0.25) is 5.91 Å². The molecule has 1 aliphatic heterocycles. The lowest BCUT2D eigenvalue weighted by Crippen LogP contribution is -2.44. The quantitative estimate of drug-likeness (QED) is 0.755. The highest BCUT2D eigenvalue weighted by Crippen LogP contribution is 2.46. The molecule has 128 valence electrons. The number of carbonyl (C=O) groups is 1. The molecule has 1 amide bonds. The van der Waals surface area contributed by atoms with Crippen molar-refractivity contribution in [3.63, 3.8) is 0 Å². The molecule has 5 heteroatoms. The predicted molar refractivity (Wildman–Crippen MR) is 102 cm³/mol. The van der Waals surface area contributed by atoms with Crippen LogP contribution in [-0.4, -0.2) is 11.6 Å². The summed E-state index contributed by atoms with van der Waals surface area (Å²) in [6, 6.07) is 15.9. The topological polar surface area (TPSA) is 50.7 Å². The zero-order chi connectivity index (χ0) is 17.3. The van der Waals surface area contributed by atoms with Gasteiger partial charge >= 0.3 is 0 Å². The van der Waals surface area contributed by atoms with Crippen molar-refractivity contribution in [2.45, 2.75) is 37.7 Å². The van der Waals surface area contributed by atoms with Crippen LogP contribution in [0.15, 0.2) is 58.2 Å². The van der Waals surface area contributed by atoms with E-state index in [1.54, 1.807) is 0 Å². The summed E-state index contributed by atoms with van der Waals surface area (Å²) in [6.45, 7) is 0.410. The molecule has 2 aromatic rings. The molecule has 0 radical (unpaired) electrons. The third kappa shape index (κ3) is 2.86. The molecule has 1 heterocycles. The first-order chi connectivity index (χ1) is 12.2. The van der Waals surface area contributed by atoms with Crippen LogP contribution < -0.4 is 5.32 Å². The van der Waals surface area contributed by atoms with Crippen LogP contribution in [0.2, 0.25) is 0 Å². The highest BCUT2D eigenvalue weighted by molar-refractivity contribution is 9.10. The van der Waals surface area contributed by atoms with E-state index in [0.717, 1.165) is 52.7 Å². The van der Waals surface area contributed by atoms with Gasteiger partial charge in [0.25, 0.3) is 0 Å². The Morgan fingerprint density at radius 2 is 2.00 bits per heavy atom. The van der Waals surface area contributed by atoms with Gasteiger partial charge in [-0.1, -0.05) is 57.8 Å². The number of benzene rings is 2. The Hall–Kier alpha value is -2.14. The van der Waals surface area contributed by atoms with E-state index < -0.39 is 5.41 Å². The molecule has 1 aliphatic carbocycles. The van der Waals surface area contributed by atoms with Crippen LogP contribution in [0.5, 0.6) is 0 Å². The number of oxime groups is 1. The van der Waals surface area contributed by atoms with Gasteiger partial charge in [0.1, 0.15) is 12.0 Å². The Balaban J connectivity index is 1.66. The van der Waals surface area contributed by atoms with Crippen LogP contribution in [-0.2, 0) is 21.7 Å². The second-order valence-electron chi connectivity index (χ2n) is 6.55. The average Bonchev–Trinajstić information content (AvgIpc) is 2.90. The molecule has 2 aliphatic rings. The minimum Gasteiger partial charge on any atom is -0.391 e. The SMILES string of the molecule is O=C1Nc2ccc(Br)cc2C12CCCCC2=NOCc1ccccc1. The fourth-order valence-electron chi connectivity index (χ4n) is 3.79. The fraction of sp³-hybridized carbons (Fsp3) is 0.300. The van der Waals surface area contributed by atoms with E-state index in [1.165, 1.54) is 0 Å². The minimum atomic E-state index is -0.686. The molecule has 1 saturated carbocycles. The molecule has 1 atom stereocenters. The van der Waals surface area contributed by atoms with E-state index in [0.29, 0.717) is 6.61 Å². The third-order valence-electron chi connectivity index (χ3n) is 5.03. The van der Waals surface area contributed by atoms with Crippen LogP contribution in [0.1, 0.15) is 36.8 Å². The van der Waals surface area contributed by atoms with Gasteiger partial charge in [-0.25, -0.2) is 0 Å². The average molecular weight is 399 g/mol. The van der Waals surface area contributed by atoms with Crippen LogP contribution in [0.3, 0.4) is 0 Å². The van der Waals surface area contributed by atoms with Gasteiger partial charge in [0, 0.05) is 10.2 Å². The summed E-state index contributed by atoms with van der Waals surface area (Å²) >= 11 is 3.53. The smallest absolute Gasteiger partial charge is 0.240 e. The van der Waals surface area contributed by atoms with E-state index >= 15 is 0 Å². The normalized spacial score (nSPS) is 23.6. The zero-order valence-corrected chi connectivity index (χ0v) is 15.4. The third-order valence-corrected chi connectivity index (χ3v) is 5.53. The number of anilines is 1. The first-order valence-corrected chi connectivity index (χ1v) is 9.34. The number of fused-ring (bicyclic) bond motifs is 2. The summed E-state index contributed by atoms with van der Waals surface area (Å²) in [5, 5.41) is 7.46. The Kier molecular flexibility index (Phi) is 4.34. The molecule has 1 N–H and O–H groups in total. The highest BCUT2D eigenvalue weighted by atomic mass is 79.9. The van der Waals surface area contributed by atoms with Crippen molar-refractivity contribution in [3.05, 3.63) is 64.1 Å². The minimum absolute atomic E-state index is 0.0161.